The lowest BCUT2D eigenvalue weighted by Crippen LogP contribution is -2.31. The van der Waals surface area contributed by atoms with Crippen molar-refractivity contribution in [3.63, 3.8) is 0 Å². The number of rotatable bonds is 1. The van der Waals surface area contributed by atoms with Crippen LogP contribution in [0.15, 0.2) is 28.2 Å². The Morgan fingerprint density at radius 2 is 2.05 bits per heavy atom. The number of benzene rings is 1. The van der Waals surface area contributed by atoms with Crippen LogP contribution in [-0.4, -0.2) is 31.6 Å². The summed E-state index contributed by atoms with van der Waals surface area (Å²) >= 11 is 0. The van der Waals surface area contributed by atoms with Crippen molar-refractivity contribution in [2.75, 3.05) is 5.75 Å². The molecule has 1 heterocycles. The molecule has 0 aliphatic carbocycles. The lowest BCUT2D eigenvalue weighted by atomic mass is 10.1. The minimum absolute atomic E-state index is 0.0184. The van der Waals surface area contributed by atoms with Crippen molar-refractivity contribution >= 4 is 21.6 Å². The Kier molecular flexibility index (Phi) is 4.23. The van der Waals surface area contributed by atoms with E-state index in [9.17, 15) is 17.6 Å². The predicted molar refractivity (Wildman–Crippen MR) is 79.0 cm³/mol. The van der Waals surface area contributed by atoms with E-state index in [0.717, 1.165) is 12.1 Å². The molecule has 8 heteroatoms. The first kappa shape index (κ1) is 16.4. The van der Waals surface area contributed by atoms with Gasteiger partial charge in [-0.1, -0.05) is 0 Å². The van der Waals surface area contributed by atoms with Crippen molar-refractivity contribution < 1.29 is 22.3 Å². The molecule has 2 rings (SSSR count). The lowest BCUT2D eigenvalue weighted by molar-refractivity contribution is 0.0529. The zero-order chi connectivity index (χ0) is 16.5. The van der Waals surface area contributed by atoms with Crippen LogP contribution in [0.4, 0.5) is 9.18 Å². The number of hydrazone groups is 1. The summed E-state index contributed by atoms with van der Waals surface area (Å²) in [5.41, 5.74) is 2.00. The van der Waals surface area contributed by atoms with Gasteiger partial charge in [-0.15, -0.1) is 0 Å². The Balaban J connectivity index is 2.29. The van der Waals surface area contributed by atoms with Gasteiger partial charge in [0.2, 0.25) is 0 Å². The molecular formula is C14H17FN2O4S. The Morgan fingerprint density at radius 3 is 2.68 bits per heavy atom. The summed E-state index contributed by atoms with van der Waals surface area (Å²) in [6, 6.07) is 3.39. The average molecular weight is 328 g/mol. The van der Waals surface area contributed by atoms with Gasteiger partial charge in [0, 0.05) is 12.0 Å². The van der Waals surface area contributed by atoms with Crippen LogP contribution in [-0.2, 0) is 14.6 Å². The Hall–Kier alpha value is -1.96. The highest BCUT2D eigenvalue weighted by Crippen LogP contribution is 2.26. The largest absolute Gasteiger partial charge is 0.443 e. The minimum atomic E-state index is -3.45. The monoisotopic (exact) mass is 328 g/mol. The van der Waals surface area contributed by atoms with E-state index >= 15 is 0 Å². The van der Waals surface area contributed by atoms with E-state index in [1.807, 2.05) is 0 Å². The summed E-state index contributed by atoms with van der Waals surface area (Å²) in [7, 11) is -3.45. The standard InChI is InChI=1S/C14H17FN2O4S/c1-14(2,3)21-13(18)17-16-11-6-7-22(19,20)12-5-4-9(15)8-10(11)12/h4-5,8H,6-7H2,1-3H3,(H,17,18). The van der Waals surface area contributed by atoms with Crippen LogP contribution in [0.5, 0.6) is 0 Å². The molecule has 1 amide bonds. The molecule has 0 radical (unpaired) electrons. The molecule has 6 nitrogen and oxygen atoms in total. The molecule has 0 saturated heterocycles. The number of carbonyl (C=O) groups excluding carboxylic acids is 1. The number of hydrogen-bond acceptors (Lipinski definition) is 5. The number of fused-ring (bicyclic) bond motifs is 1. The smallest absolute Gasteiger partial charge is 0.428 e. The predicted octanol–water partition coefficient (Wildman–Crippen LogP) is 2.23. The Labute approximate surface area is 128 Å². The third-order valence-corrected chi connectivity index (χ3v) is 4.64. The molecule has 0 aromatic heterocycles. The van der Waals surface area contributed by atoms with Gasteiger partial charge >= 0.3 is 6.09 Å². The summed E-state index contributed by atoms with van der Waals surface area (Å²) < 4.78 is 42.3. The molecule has 1 aromatic carbocycles. The molecule has 120 valence electrons. The topological polar surface area (TPSA) is 84.8 Å². The fourth-order valence-electron chi connectivity index (χ4n) is 2.00. The number of sulfone groups is 1. The number of halogens is 1. The maximum Gasteiger partial charge on any atom is 0.428 e. The molecule has 1 aliphatic heterocycles. The van der Waals surface area contributed by atoms with E-state index in [1.54, 1.807) is 20.8 Å². The minimum Gasteiger partial charge on any atom is -0.443 e. The average Bonchev–Trinajstić information content (AvgIpc) is 2.35. The zero-order valence-electron chi connectivity index (χ0n) is 12.5. The van der Waals surface area contributed by atoms with E-state index in [0.29, 0.717) is 5.71 Å². The second kappa shape index (κ2) is 5.68. The lowest BCUT2D eigenvalue weighted by Gasteiger charge is -2.20. The molecule has 0 unspecified atom stereocenters. The fourth-order valence-corrected chi connectivity index (χ4v) is 3.47. The van der Waals surface area contributed by atoms with Crippen molar-refractivity contribution in [2.24, 2.45) is 5.10 Å². The zero-order valence-corrected chi connectivity index (χ0v) is 13.3. The second-order valence-electron chi connectivity index (χ2n) is 5.88. The first-order chi connectivity index (χ1) is 10.1. The molecule has 1 aliphatic rings. The van der Waals surface area contributed by atoms with Crippen LogP contribution in [0.25, 0.3) is 0 Å². The van der Waals surface area contributed by atoms with Gasteiger partial charge in [0.25, 0.3) is 0 Å². The maximum absolute atomic E-state index is 13.4. The number of amides is 1. The van der Waals surface area contributed by atoms with Crippen LogP contribution in [0.1, 0.15) is 32.8 Å². The van der Waals surface area contributed by atoms with Crippen LogP contribution in [0, 0.1) is 5.82 Å². The second-order valence-corrected chi connectivity index (χ2v) is 7.96. The molecule has 0 spiro atoms. The highest BCUT2D eigenvalue weighted by atomic mass is 32.2. The van der Waals surface area contributed by atoms with E-state index in [1.165, 1.54) is 6.07 Å². The normalized spacial score (nSPS) is 18.6. The van der Waals surface area contributed by atoms with E-state index in [4.69, 9.17) is 4.74 Å². The first-order valence-corrected chi connectivity index (χ1v) is 8.32. The van der Waals surface area contributed by atoms with Gasteiger partial charge in [-0.05, 0) is 39.0 Å². The van der Waals surface area contributed by atoms with Gasteiger partial charge in [-0.25, -0.2) is 23.0 Å². The number of hydrogen-bond donors (Lipinski definition) is 1. The molecular weight excluding hydrogens is 311 g/mol. The van der Waals surface area contributed by atoms with Crippen LogP contribution >= 0.6 is 0 Å². The SMILES string of the molecule is CC(C)(C)OC(=O)NN=C1CCS(=O)(=O)c2ccc(F)cc21. The molecule has 22 heavy (non-hydrogen) atoms. The summed E-state index contributed by atoms with van der Waals surface area (Å²) in [6.45, 7) is 5.12. The van der Waals surface area contributed by atoms with E-state index < -0.39 is 27.3 Å². The Bertz CT molecular complexity index is 736. The van der Waals surface area contributed by atoms with Crippen molar-refractivity contribution in [3.05, 3.63) is 29.6 Å². The van der Waals surface area contributed by atoms with E-state index in [-0.39, 0.29) is 22.6 Å². The van der Waals surface area contributed by atoms with Crippen molar-refractivity contribution in [3.8, 4) is 0 Å². The summed E-state index contributed by atoms with van der Waals surface area (Å²) in [4.78, 5) is 11.6. The van der Waals surface area contributed by atoms with Crippen molar-refractivity contribution in [1.82, 2.24) is 5.43 Å². The summed E-state index contributed by atoms with van der Waals surface area (Å²) in [5, 5.41) is 3.88. The fraction of sp³-hybridized carbons (Fsp3) is 0.429. The molecule has 0 atom stereocenters. The highest BCUT2D eigenvalue weighted by Gasteiger charge is 2.28. The first-order valence-electron chi connectivity index (χ1n) is 6.67. The third-order valence-electron chi connectivity index (χ3n) is 2.88. The van der Waals surface area contributed by atoms with Gasteiger partial charge in [0.05, 0.1) is 16.4 Å². The summed E-state index contributed by atoms with van der Waals surface area (Å²) in [5.74, 6) is -0.707. The van der Waals surface area contributed by atoms with Crippen molar-refractivity contribution in [2.45, 2.75) is 37.7 Å². The molecule has 1 N–H and O–H groups in total. The van der Waals surface area contributed by atoms with Crippen LogP contribution in [0.3, 0.4) is 0 Å². The summed E-state index contributed by atoms with van der Waals surface area (Å²) in [6.07, 6.45) is -0.666. The van der Waals surface area contributed by atoms with Crippen molar-refractivity contribution in [1.29, 1.82) is 0 Å². The molecule has 0 saturated carbocycles. The van der Waals surface area contributed by atoms with Gasteiger partial charge in [0.15, 0.2) is 9.84 Å². The molecule has 0 fully saturated rings. The highest BCUT2D eigenvalue weighted by molar-refractivity contribution is 7.91. The molecule has 1 aromatic rings. The number of carbonyl (C=O) groups is 1. The Morgan fingerprint density at radius 1 is 1.36 bits per heavy atom. The van der Waals surface area contributed by atoms with E-state index in [2.05, 4.69) is 10.5 Å². The van der Waals surface area contributed by atoms with Gasteiger partial charge in [-0.2, -0.15) is 5.10 Å². The quantitative estimate of drug-likeness (QED) is 0.633. The number of nitrogens with zero attached hydrogens (tertiary/aromatic N) is 1. The van der Waals surface area contributed by atoms with Crippen LogP contribution in [0.2, 0.25) is 0 Å². The number of ether oxygens (including phenoxy) is 1. The molecule has 0 bridgehead atoms. The third kappa shape index (κ3) is 3.82. The van der Waals surface area contributed by atoms with Crippen LogP contribution < -0.4 is 5.43 Å². The number of nitrogens with one attached hydrogen (secondary N) is 1. The van der Waals surface area contributed by atoms with Gasteiger partial charge in [-0.3, -0.25) is 0 Å². The van der Waals surface area contributed by atoms with Gasteiger partial charge in [0.1, 0.15) is 11.4 Å². The van der Waals surface area contributed by atoms with Gasteiger partial charge < -0.3 is 4.74 Å². The maximum atomic E-state index is 13.4.